The molecule has 0 unspecified atom stereocenters. The number of rotatable bonds is 4. The molecule has 1 aromatic heterocycles. The van der Waals surface area contributed by atoms with Crippen LogP contribution in [0.1, 0.15) is 0 Å². The molecule has 64 valence electrons. The zero-order valence-electron chi connectivity index (χ0n) is 6.55. The van der Waals surface area contributed by atoms with Gasteiger partial charge in [-0.2, -0.15) is 12.6 Å². The summed E-state index contributed by atoms with van der Waals surface area (Å²) < 4.78 is 0. The summed E-state index contributed by atoms with van der Waals surface area (Å²) in [6.45, 7) is 0. The van der Waals surface area contributed by atoms with Gasteiger partial charge in [0.15, 0.2) is 5.16 Å². The summed E-state index contributed by atoms with van der Waals surface area (Å²) in [5, 5.41) is 0.821. The highest BCUT2D eigenvalue weighted by Crippen LogP contribution is 2.10. The summed E-state index contributed by atoms with van der Waals surface area (Å²) in [6, 6.07) is 1.81. The second kappa shape index (κ2) is 6.08. The van der Waals surface area contributed by atoms with Crippen molar-refractivity contribution in [1.29, 1.82) is 0 Å². The Morgan fingerprint density at radius 2 is 2.08 bits per heavy atom. The van der Waals surface area contributed by atoms with Gasteiger partial charge in [-0.05, 0) is 6.07 Å². The summed E-state index contributed by atoms with van der Waals surface area (Å²) in [6.07, 6.45) is 7.57. The van der Waals surface area contributed by atoms with Gasteiger partial charge in [0.2, 0.25) is 0 Å². The van der Waals surface area contributed by atoms with E-state index in [1.807, 2.05) is 12.1 Å². The summed E-state index contributed by atoms with van der Waals surface area (Å²) in [7, 11) is 0. The molecule has 1 heterocycles. The minimum atomic E-state index is 0.788. The van der Waals surface area contributed by atoms with Crippen LogP contribution in [0.25, 0.3) is 0 Å². The van der Waals surface area contributed by atoms with Gasteiger partial charge < -0.3 is 0 Å². The van der Waals surface area contributed by atoms with E-state index in [1.54, 1.807) is 24.2 Å². The Morgan fingerprint density at radius 1 is 1.33 bits per heavy atom. The molecule has 2 nitrogen and oxygen atoms in total. The van der Waals surface area contributed by atoms with Crippen LogP contribution in [0.2, 0.25) is 0 Å². The standard InChI is InChI=1S/C8H10N2S2/c11-6-1-2-7-12-8-9-4-3-5-10-8/h1-5,11H,6-7H2. The second-order valence-electron chi connectivity index (χ2n) is 2.00. The summed E-state index contributed by atoms with van der Waals surface area (Å²) in [4.78, 5) is 8.15. The fraction of sp³-hybridized carbons (Fsp3) is 0.250. The van der Waals surface area contributed by atoms with Crippen LogP contribution in [0.4, 0.5) is 0 Å². The van der Waals surface area contributed by atoms with Crippen molar-refractivity contribution in [3.05, 3.63) is 30.6 Å². The number of thiol groups is 1. The van der Waals surface area contributed by atoms with Crippen molar-refractivity contribution in [2.24, 2.45) is 0 Å². The molecule has 4 heteroatoms. The molecule has 0 aliphatic rings. The van der Waals surface area contributed by atoms with Crippen LogP contribution in [0.5, 0.6) is 0 Å². The van der Waals surface area contributed by atoms with Gasteiger partial charge in [0.25, 0.3) is 0 Å². The van der Waals surface area contributed by atoms with Crippen LogP contribution in [0.15, 0.2) is 35.8 Å². The molecule has 0 aliphatic heterocycles. The van der Waals surface area contributed by atoms with Crippen molar-refractivity contribution in [1.82, 2.24) is 9.97 Å². The highest BCUT2D eigenvalue weighted by Gasteiger charge is 1.90. The SMILES string of the molecule is SCC=CCSc1ncccn1. The molecule has 0 N–H and O–H groups in total. The number of thioether (sulfide) groups is 1. The Labute approximate surface area is 81.9 Å². The molecule has 0 saturated heterocycles. The second-order valence-corrected chi connectivity index (χ2v) is 3.35. The van der Waals surface area contributed by atoms with Gasteiger partial charge >= 0.3 is 0 Å². The highest BCUT2D eigenvalue weighted by atomic mass is 32.2. The van der Waals surface area contributed by atoms with Crippen LogP contribution >= 0.6 is 24.4 Å². The van der Waals surface area contributed by atoms with Gasteiger partial charge in [-0.3, -0.25) is 0 Å². The fourth-order valence-electron chi connectivity index (χ4n) is 0.625. The molecule has 0 spiro atoms. The topological polar surface area (TPSA) is 25.8 Å². The highest BCUT2D eigenvalue weighted by molar-refractivity contribution is 7.99. The molecule has 0 amide bonds. The van der Waals surface area contributed by atoms with Crippen molar-refractivity contribution >= 4 is 24.4 Å². The Kier molecular flexibility index (Phi) is 4.87. The first-order valence-electron chi connectivity index (χ1n) is 3.59. The van der Waals surface area contributed by atoms with E-state index in [2.05, 4.69) is 28.7 Å². The van der Waals surface area contributed by atoms with Crippen LogP contribution in [0, 0.1) is 0 Å². The zero-order valence-corrected chi connectivity index (χ0v) is 8.26. The normalized spacial score (nSPS) is 10.8. The quantitative estimate of drug-likeness (QED) is 0.347. The molecular formula is C8H10N2S2. The third kappa shape index (κ3) is 3.78. The summed E-state index contributed by atoms with van der Waals surface area (Å²) in [5.41, 5.74) is 0. The molecule has 12 heavy (non-hydrogen) atoms. The van der Waals surface area contributed by atoms with Crippen molar-refractivity contribution in [2.45, 2.75) is 5.16 Å². The third-order valence-electron chi connectivity index (χ3n) is 1.12. The predicted octanol–water partition coefficient (Wildman–Crippen LogP) is 2.05. The molecule has 0 bridgehead atoms. The maximum absolute atomic E-state index is 4.08. The Morgan fingerprint density at radius 3 is 2.75 bits per heavy atom. The zero-order chi connectivity index (χ0) is 8.65. The summed E-state index contributed by atoms with van der Waals surface area (Å²) >= 11 is 5.67. The Bertz CT molecular complexity index is 236. The molecule has 0 saturated carbocycles. The van der Waals surface area contributed by atoms with E-state index in [0.717, 1.165) is 16.7 Å². The van der Waals surface area contributed by atoms with Crippen LogP contribution in [0.3, 0.4) is 0 Å². The summed E-state index contributed by atoms with van der Waals surface area (Å²) in [5.74, 6) is 1.70. The van der Waals surface area contributed by atoms with Gasteiger partial charge in [-0.15, -0.1) is 0 Å². The van der Waals surface area contributed by atoms with Gasteiger partial charge in [-0.25, -0.2) is 9.97 Å². The number of aromatic nitrogens is 2. The number of hydrogen-bond acceptors (Lipinski definition) is 4. The average molecular weight is 198 g/mol. The van der Waals surface area contributed by atoms with Gasteiger partial charge in [-0.1, -0.05) is 23.9 Å². The molecule has 0 fully saturated rings. The minimum Gasteiger partial charge on any atom is -0.231 e. The van der Waals surface area contributed by atoms with Crippen molar-refractivity contribution in [2.75, 3.05) is 11.5 Å². The van der Waals surface area contributed by atoms with E-state index in [9.17, 15) is 0 Å². The average Bonchev–Trinajstić information content (AvgIpc) is 2.14. The largest absolute Gasteiger partial charge is 0.231 e. The first-order chi connectivity index (χ1) is 5.93. The minimum absolute atomic E-state index is 0.788. The number of nitrogens with zero attached hydrogens (tertiary/aromatic N) is 2. The van der Waals surface area contributed by atoms with Crippen LogP contribution in [-0.2, 0) is 0 Å². The first kappa shape index (κ1) is 9.61. The van der Waals surface area contributed by atoms with E-state index < -0.39 is 0 Å². The van der Waals surface area contributed by atoms with E-state index in [-0.39, 0.29) is 0 Å². The molecule has 0 aliphatic carbocycles. The van der Waals surface area contributed by atoms with E-state index in [0.29, 0.717) is 0 Å². The van der Waals surface area contributed by atoms with Crippen molar-refractivity contribution in [3.63, 3.8) is 0 Å². The smallest absolute Gasteiger partial charge is 0.187 e. The number of hydrogen-bond donors (Lipinski definition) is 1. The Balaban J connectivity index is 2.29. The lowest BCUT2D eigenvalue weighted by Gasteiger charge is -1.93. The van der Waals surface area contributed by atoms with E-state index in [4.69, 9.17) is 0 Å². The van der Waals surface area contributed by atoms with E-state index in [1.165, 1.54) is 0 Å². The van der Waals surface area contributed by atoms with Gasteiger partial charge in [0.05, 0.1) is 0 Å². The Hall–Kier alpha value is -0.480. The maximum Gasteiger partial charge on any atom is 0.187 e. The molecular weight excluding hydrogens is 188 g/mol. The van der Waals surface area contributed by atoms with Gasteiger partial charge in [0, 0.05) is 23.9 Å². The molecule has 1 rings (SSSR count). The van der Waals surface area contributed by atoms with Crippen molar-refractivity contribution in [3.8, 4) is 0 Å². The molecule has 0 atom stereocenters. The maximum atomic E-state index is 4.08. The lowest BCUT2D eigenvalue weighted by atomic mass is 10.6. The lowest BCUT2D eigenvalue weighted by Crippen LogP contribution is -1.83. The first-order valence-corrected chi connectivity index (χ1v) is 5.21. The van der Waals surface area contributed by atoms with Crippen LogP contribution < -0.4 is 0 Å². The third-order valence-corrected chi connectivity index (χ3v) is 2.16. The monoisotopic (exact) mass is 198 g/mol. The molecule has 0 aromatic carbocycles. The fourth-order valence-corrected chi connectivity index (χ4v) is 1.43. The van der Waals surface area contributed by atoms with Gasteiger partial charge in [0.1, 0.15) is 0 Å². The lowest BCUT2D eigenvalue weighted by molar-refractivity contribution is 0.969. The predicted molar refractivity (Wildman–Crippen MR) is 55.7 cm³/mol. The molecule has 1 aromatic rings. The van der Waals surface area contributed by atoms with Crippen molar-refractivity contribution < 1.29 is 0 Å². The van der Waals surface area contributed by atoms with E-state index >= 15 is 0 Å². The molecule has 0 radical (unpaired) electrons. The van der Waals surface area contributed by atoms with Crippen LogP contribution in [-0.4, -0.2) is 21.5 Å².